The van der Waals surface area contributed by atoms with Gasteiger partial charge in [0, 0.05) is 18.0 Å². The molecule has 1 atom stereocenters. The van der Waals surface area contributed by atoms with Gasteiger partial charge in [0.1, 0.15) is 17.3 Å². The zero-order valence-corrected chi connectivity index (χ0v) is 14.6. The first-order valence-electron chi connectivity index (χ1n) is 8.35. The Kier molecular flexibility index (Phi) is 4.26. The van der Waals surface area contributed by atoms with E-state index >= 15 is 0 Å². The third-order valence-corrected chi connectivity index (χ3v) is 4.15. The molecule has 0 spiro atoms. The van der Waals surface area contributed by atoms with Crippen LogP contribution in [0, 0.1) is 11.6 Å². The van der Waals surface area contributed by atoms with Crippen LogP contribution in [0.4, 0.5) is 20.2 Å². The van der Waals surface area contributed by atoms with Gasteiger partial charge in [0.15, 0.2) is 17.6 Å². The predicted octanol–water partition coefficient (Wildman–Crippen LogP) is 3.12. The van der Waals surface area contributed by atoms with Crippen molar-refractivity contribution in [1.82, 2.24) is 9.78 Å². The van der Waals surface area contributed by atoms with Crippen LogP contribution in [0.15, 0.2) is 48.7 Å². The Morgan fingerprint density at radius 1 is 1.21 bits per heavy atom. The molecule has 28 heavy (non-hydrogen) atoms. The number of halogens is 2. The molecule has 1 aromatic heterocycles. The Labute approximate surface area is 157 Å². The van der Waals surface area contributed by atoms with Crippen molar-refractivity contribution in [3.05, 3.63) is 66.0 Å². The summed E-state index contributed by atoms with van der Waals surface area (Å²) in [6, 6.07) is 9.29. The van der Waals surface area contributed by atoms with Crippen molar-refractivity contribution in [2.75, 3.05) is 10.6 Å². The molecular weight excluding hydrogens is 370 g/mol. The number of benzene rings is 2. The van der Waals surface area contributed by atoms with E-state index in [1.165, 1.54) is 18.3 Å². The number of aromatic nitrogens is 2. The van der Waals surface area contributed by atoms with E-state index in [1.807, 2.05) is 0 Å². The van der Waals surface area contributed by atoms with Crippen molar-refractivity contribution in [2.45, 2.75) is 13.0 Å². The second-order valence-corrected chi connectivity index (χ2v) is 6.16. The van der Waals surface area contributed by atoms with E-state index in [-0.39, 0.29) is 17.3 Å². The third kappa shape index (κ3) is 3.29. The van der Waals surface area contributed by atoms with E-state index in [1.54, 1.807) is 25.1 Å². The van der Waals surface area contributed by atoms with Crippen molar-refractivity contribution >= 4 is 23.2 Å². The largest absolute Gasteiger partial charge is 0.479 e. The summed E-state index contributed by atoms with van der Waals surface area (Å²) >= 11 is 0. The third-order valence-electron chi connectivity index (χ3n) is 4.15. The number of ether oxygens (including phenoxy) is 1. The number of fused-ring (bicyclic) bond motifs is 1. The first kappa shape index (κ1) is 17.7. The van der Waals surface area contributed by atoms with Crippen molar-refractivity contribution in [3.8, 4) is 11.4 Å². The van der Waals surface area contributed by atoms with Gasteiger partial charge in [0.25, 0.3) is 11.8 Å². The zero-order chi connectivity index (χ0) is 19.8. The van der Waals surface area contributed by atoms with Crippen LogP contribution in [0.25, 0.3) is 5.69 Å². The first-order valence-corrected chi connectivity index (χ1v) is 8.35. The fraction of sp³-hybridized carbons (Fsp3) is 0.105. The maximum absolute atomic E-state index is 13.9. The molecule has 0 fully saturated rings. The van der Waals surface area contributed by atoms with Crippen LogP contribution in [0.2, 0.25) is 0 Å². The molecule has 9 heteroatoms. The molecule has 1 aliphatic heterocycles. The number of nitrogens with zero attached hydrogens (tertiary/aromatic N) is 2. The molecule has 0 unspecified atom stereocenters. The normalized spacial score (nSPS) is 15.4. The average molecular weight is 384 g/mol. The minimum Gasteiger partial charge on any atom is -0.479 e. The highest BCUT2D eigenvalue weighted by atomic mass is 19.1. The minimum absolute atomic E-state index is 0.0169. The fourth-order valence-corrected chi connectivity index (χ4v) is 2.73. The molecule has 7 nitrogen and oxygen atoms in total. The summed E-state index contributed by atoms with van der Waals surface area (Å²) in [7, 11) is 0. The molecule has 0 radical (unpaired) electrons. The van der Waals surface area contributed by atoms with Crippen molar-refractivity contribution in [2.24, 2.45) is 0 Å². The number of hydrogen-bond acceptors (Lipinski definition) is 4. The molecule has 2 heterocycles. The van der Waals surface area contributed by atoms with Crippen molar-refractivity contribution in [3.63, 3.8) is 0 Å². The molecule has 3 aromatic rings. The monoisotopic (exact) mass is 384 g/mol. The molecule has 0 saturated heterocycles. The molecule has 2 N–H and O–H groups in total. The molecule has 2 amide bonds. The number of hydrogen-bond donors (Lipinski definition) is 2. The highest BCUT2D eigenvalue weighted by Gasteiger charge is 2.24. The quantitative estimate of drug-likeness (QED) is 0.727. The summed E-state index contributed by atoms with van der Waals surface area (Å²) in [6.07, 6.45) is 0.803. The number of amides is 2. The van der Waals surface area contributed by atoms with E-state index in [0.29, 0.717) is 17.1 Å². The molecule has 0 saturated carbocycles. The number of nitrogens with one attached hydrogen (secondary N) is 2. The predicted molar refractivity (Wildman–Crippen MR) is 96.6 cm³/mol. The zero-order valence-electron chi connectivity index (χ0n) is 14.6. The van der Waals surface area contributed by atoms with Crippen molar-refractivity contribution in [1.29, 1.82) is 0 Å². The van der Waals surface area contributed by atoms with Gasteiger partial charge in [-0.25, -0.2) is 13.5 Å². The van der Waals surface area contributed by atoms with Gasteiger partial charge < -0.3 is 15.4 Å². The topological polar surface area (TPSA) is 85.2 Å². The summed E-state index contributed by atoms with van der Waals surface area (Å²) in [4.78, 5) is 24.1. The summed E-state index contributed by atoms with van der Waals surface area (Å²) < 4.78 is 33.5. The average Bonchev–Trinajstić information content (AvgIpc) is 3.13. The Hall–Kier alpha value is -3.75. The fourth-order valence-electron chi connectivity index (χ4n) is 2.73. The van der Waals surface area contributed by atoms with Crippen LogP contribution in [0.5, 0.6) is 5.75 Å². The highest BCUT2D eigenvalue weighted by Crippen LogP contribution is 2.32. The molecule has 0 bridgehead atoms. The Balaban J connectivity index is 1.53. The van der Waals surface area contributed by atoms with Crippen LogP contribution < -0.4 is 15.4 Å². The van der Waals surface area contributed by atoms with Gasteiger partial charge >= 0.3 is 0 Å². The van der Waals surface area contributed by atoms with Gasteiger partial charge in [-0.3, -0.25) is 9.59 Å². The minimum atomic E-state index is -0.797. The Morgan fingerprint density at radius 2 is 2.04 bits per heavy atom. The Morgan fingerprint density at radius 3 is 2.82 bits per heavy atom. The number of anilines is 2. The molecule has 2 aromatic carbocycles. The maximum Gasteiger partial charge on any atom is 0.276 e. The number of carbonyl (C=O) groups is 2. The second-order valence-electron chi connectivity index (χ2n) is 6.16. The van der Waals surface area contributed by atoms with Gasteiger partial charge in [-0.1, -0.05) is 0 Å². The lowest BCUT2D eigenvalue weighted by Gasteiger charge is -2.23. The van der Waals surface area contributed by atoms with E-state index in [9.17, 15) is 18.4 Å². The summed E-state index contributed by atoms with van der Waals surface area (Å²) in [5.74, 6) is -1.81. The molecule has 142 valence electrons. The van der Waals surface area contributed by atoms with Crippen LogP contribution in [0.1, 0.15) is 17.4 Å². The SMILES string of the molecule is C[C@@H]1Oc2ccc(NC(=O)c3ccn(-c4ccc(F)cc4F)n3)cc2NC1=O. The van der Waals surface area contributed by atoms with Crippen molar-refractivity contribution < 1.29 is 23.1 Å². The van der Waals surface area contributed by atoms with Gasteiger partial charge in [-0.2, -0.15) is 5.10 Å². The van der Waals surface area contributed by atoms with Gasteiger partial charge in [0.2, 0.25) is 0 Å². The lowest BCUT2D eigenvalue weighted by Crippen LogP contribution is -2.34. The standard InChI is InChI=1S/C19H14F2N4O3/c1-10-18(26)23-15-9-12(3-5-17(15)28-10)22-19(27)14-6-7-25(24-14)16-4-2-11(20)8-13(16)21/h2-10H,1H3,(H,22,27)(H,23,26)/t10-/m0/s1. The lowest BCUT2D eigenvalue weighted by molar-refractivity contribution is -0.122. The summed E-state index contributed by atoms with van der Waals surface area (Å²) in [6.45, 7) is 1.63. The van der Waals surface area contributed by atoms with E-state index in [4.69, 9.17) is 4.74 Å². The first-order chi connectivity index (χ1) is 13.4. The molecular formula is C19H14F2N4O3. The smallest absolute Gasteiger partial charge is 0.276 e. The second kappa shape index (κ2) is 6.76. The molecule has 4 rings (SSSR count). The van der Waals surface area contributed by atoms with E-state index < -0.39 is 23.6 Å². The van der Waals surface area contributed by atoms with Crippen LogP contribution in [-0.4, -0.2) is 27.7 Å². The number of rotatable bonds is 3. The van der Waals surface area contributed by atoms with Crippen LogP contribution >= 0.6 is 0 Å². The maximum atomic E-state index is 13.9. The van der Waals surface area contributed by atoms with Gasteiger partial charge in [0.05, 0.1) is 5.69 Å². The summed E-state index contributed by atoms with van der Waals surface area (Å²) in [5, 5.41) is 9.36. The van der Waals surface area contributed by atoms with E-state index in [0.717, 1.165) is 16.8 Å². The van der Waals surface area contributed by atoms with Crippen LogP contribution in [-0.2, 0) is 4.79 Å². The van der Waals surface area contributed by atoms with Gasteiger partial charge in [-0.15, -0.1) is 0 Å². The van der Waals surface area contributed by atoms with Crippen LogP contribution in [0.3, 0.4) is 0 Å². The Bertz CT molecular complexity index is 1100. The molecule has 0 aliphatic carbocycles. The van der Waals surface area contributed by atoms with Gasteiger partial charge in [-0.05, 0) is 43.3 Å². The highest BCUT2D eigenvalue weighted by molar-refractivity contribution is 6.04. The number of carbonyl (C=O) groups excluding carboxylic acids is 2. The molecule has 1 aliphatic rings. The lowest BCUT2D eigenvalue weighted by atomic mass is 10.2. The van der Waals surface area contributed by atoms with E-state index in [2.05, 4.69) is 15.7 Å². The summed E-state index contributed by atoms with van der Waals surface area (Å²) in [5.41, 5.74) is 0.920.